The minimum absolute atomic E-state index is 0.261. The Hall–Kier alpha value is 0.617. The number of rotatable bonds is 1. The molecule has 1 unspecified atom stereocenters. The highest BCUT2D eigenvalue weighted by Gasteiger charge is 2.37. The van der Waals surface area contributed by atoms with Gasteiger partial charge in [0.1, 0.15) is 0 Å². The van der Waals surface area contributed by atoms with E-state index in [2.05, 4.69) is 10.8 Å². The summed E-state index contributed by atoms with van der Waals surface area (Å²) in [7, 11) is 1.17. The van der Waals surface area contributed by atoms with Crippen molar-refractivity contribution in [1.29, 1.82) is 0 Å². The van der Waals surface area contributed by atoms with Crippen LogP contribution in [0, 0.1) is 0 Å². The van der Waals surface area contributed by atoms with Crippen LogP contribution in [0.2, 0.25) is 0 Å². The van der Waals surface area contributed by atoms with Crippen LogP contribution in [-0.2, 0) is 4.74 Å². The first-order valence-corrected chi connectivity index (χ1v) is 7.30. The minimum Gasteiger partial charge on any atom is -0.378 e. The van der Waals surface area contributed by atoms with Gasteiger partial charge in [-0.2, -0.15) is 0 Å². The Kier molecular flexibility index (Phi) is 2.89. The minimum atomic E-state index is 0.261. The molecule has 1 atom stereocenters. The first kappa shape index (κ1) is 9.18. The lowest BCUT2D eigenvalue weighted by Crippen LogP contribution is -2.44. The van der Waals surface area contributed by atoms with Gasteiger partial charge in [0.15, 0.2) is 0 Å². The average molecular weight is 218 g/mol. The Morgan fingerprint density at radius 2 is 2.08 bits per heavy atom. The van der Waals surface area contributed by atoms with Crippen molar-refractivity contribution in [1.82, 2.24) is 0 Å². The smallest absolute Gasteiger partial charge is 0.0834 e. The van der Waals surface area contributed by atoms with Crippen molar-refractivity contribution in [2.45, 2.75) is 29.1 Å². The highest BCUT2D eigenvalue weighted by Crippen LogP contribution is 2.44. The summed E-state index contributed by atoms with van der Waals surface area (Å²) in [6.07, 6.45) is 3.91. The maximum Gasteiger partial charge on any atom is 0.0834 e. The lowest BCUT2D eigenvalue weighted by Gasteiger charge is -2.37. The summed E-state index contributed by atoms with van der Waals surface area (Å²) in [6, 6.07) is 0. The van der Waals surface area contributed by atoms with Crippen molar-refractivity contribution < 1.29 is 4.74 Å². The third kappa shape index (κ3) is 1.76. The van der Waals surface area contributed by atoms with Crippen LogP contribution in [0.15, 0.2) is 10.8 Å². The van der Waals surface area contributed by atoms with Crippen LogP contribution in [0.3, 0.4) is 0 Å². The second kappa shape index (κ2) is 3.78. The maximum absolute atomic E-state index is 5.93. The molecule has 0 N–H and O–H groups in total. The van der Waals surface area contributed by atoms with Gasteiger partial charge >= 0.3 is 0 Å². The molecule has 0 bridgehead atoms. The topological polar surface area (TPSA) is 9.23 Å². The number of hydrogen-bond acceptors (Lipinski definition) is 3. The van der Waals surface area contributed by atoms with E-state index in [-0.39, 0.29) is 5.22 Å². The third-order valence-corrected chi connectivity index (χ3v) is 7.58. The van der Waals surface area contributed by atoms with Gasteiger partial charge in [-0.3, -0.25) is 0 Å². The fraction of sp³-hybridized carbons (Fsp3) is 0.750. The van der Waals surface area contributed by atoms with Gasteiger partial charge in [-0.15, -0.1) is 23.5 Å². The molecule has 1 nitrogen and oxygen atoms in total. The second-order valence-electron chi connectivity index (χ2n) is 3.49. The van der Waals surface area contributed by atoms with Crippen molar-refractivity contribution >= 4 is 33.8 Å². The van der Waals surface area contributed by atoms with Gasteiger partial charge < -0.3 is 4.74 Å². The van der Waals surface area contributed by atoms with Crippen molar-refractivity contribution in [3.63, 3.8) is 0 Å². The first-order chi connectivity index (χ1) is 5.81. The van der Waals surface area contributed by atoms with E-state index >= 15 is 0 Å². The Balaban J connectivity index is 1.98. The summed E-state index contributed by atoms with van der Waals surface area (Å²) in [6.45, 7) is 0.987. The Bertz CT molecular complexity index is 181. The lowest BCUT2D eigenvalue weighted by atomic mass is 10.1. The molecule has 0 spiro atoms. The van der Waals surface area contributed by atoms with Crippen molar-refractivity contribution in [3.05, 3.63) is 10.8 Å². The molecule has 2 rings (SSSR count). The molecule has 0 radical (unpaired) electrons. The van der Waals surface area contributed by atoms with Gasteiger partial charge in [-0.25, -0.2) is 0 Å². The lowest BCUT2D eigenvalue weighted by molar-refractivity contribution is -0.00579. The molecule has 0 aromatic rings. The Labute approximate surface area is 85.1 Å². The summed E-state index contributed by atoms with van der Waals surface area (Å²) in [4.78, 5) is 0. The molecule has 0 aliphatic carbocycles. The fourth-order valence-electron chi connectivity index (χ4n) is 1.67. The molecule has 0 saturated carbocycles. The Morgan fingerprint density at radius 3 is 2.67 bits per heavy atom. The van der Waals surface area contributed by atoms with Crippen LogP contribution < -0.4 is 0 Å². The van der Waals surface area contributed by atoms with E-state index in [0.29, 0.717) is 4.58 Å². The number of ether oxygens (including phenoxy) is 1. The van der Waals surface area contributed by atoms with E-state index in [9.17, 15) is 0 Å². The van der Waals surface area contributed by atoms with E-state index < -0.39 is 0 Å². The molecule has 0 aromatic heterocycles. The van der Waals surface area contributed by atoms with Crippen LogP contribution in [0.25, 0.3) is 0 Å². The number of hydrogen-bond donors (Lipinski definition) is 0. The van der Waals surface area contributed by atoms with Gasteiger partial charge in [0.2, 0.25) is 0 Å². The van der Waals surface area contributed by atoms with Gasteiger partial charge in [0, 0.05) is 16.8 Å². The molecule has 68 valence electrons. The largest absolute Gasteiger partial charge is 0.378 e. The molecule has 1 saturated heterocycles. The SMILES string of the molecule is [SiH3]C1(C2SC=CS2)CCCCO1. The molecule has 2 heterocycles. The number of thioether (sulfide) groups is 2. The van der Waals surface area contributed by atoms with Crippen LogP contribution in [0.5, 0.6) is 0 Å². The zero-order chi connectivity index (χ0) is 8.44. The monoisotopic (exact) mass is 218 g/mol. The normalized spacial score (nSPS) is 37.7. The molecule has 2 aliphatic rings. The molecule has 2 aliphatic heterocycles. The van der Waals surface area contributed by atoms with Crippen LogP contribution >= 0.6 is 23.5 Å². The summed E-state index contributed by atoms with van der Waals surface area (Å²) in [5.74, 6) is 0. The molecule has 1 fully saturated rings. The van der Waals surface area contributed by atoms with Gasteiger partial charge in [-0.05, 0) is 30.1 Å². The maximum atomic E-state index is 5.93. The predicted octanol–water partition coefficient (Wildman–Crippen LogP) is 1.53. The van der Waals surface area contributed by atoms with Crippen molar-refractivity contribution in [2.24, 2.45) is 0 Å². The molecule has 0 aromatic carbocycles. The summed E-state index contributed by atoms with van der Waals surface area (Å²) >= 11 is 3.88. The molecule has 12 heavy (non-hydrogen) atoms. The van der Waals surface area contributed by atoms with Gasteiger partial charge in [0.05, 0.1) is 9.81 Å². The van der Waals surface area contributed by atoms with Crippen LogP contribution in [-0.4, -0.2) is 26.7 Å². The highest BCUT2D eigenvalue weighted by molar-refractivity contribution is 8.22. The first-order valence-electron chi connectivity index (χ1n) is 4.41. The van der Waals surface area contributed by atoms with Gasteiger partial charge in [0.25, 0.3) is 0 Å². The predicted molar refractivity (Wildman–Crippen MR) is 60.6 cm³/mol. The van der Waals surface area contributed by atoms with Crippen molar-refractivity contribution in [2.75, 3.05) is 6.61 Å². The molecule has 4 heteroatoms. The Morgan fingerprint density at radius 1 is 1.33 bits per heavy atom. The summed E-state index contributed by atoms with van der Waals surface area (Å²) < 4.78 is 6.59. The van der Waals surface area contributed by atoms with Crippen molar-refractivity contribution in [3.8, 4) is 0 Å². The molecular weight excluding hydrogens is 204 g/mol. The quantitative estimate of drug-likeness (QED) is 0.618. The molecular formula is C8H14OS2Si. The van der Waals surface area contributed by atoms with E-state index in [1.807, 2.05) is 23.5 Å². The zero-order valence-electron chi connectivity index (χ0n) is 7.29. The standard InChI is InChI=1S/C8H14OS2Si/c12-8(3-1-2-4-9-8)7-10-5-6-11-7/h5-7H,1-4H2,12H3. The third-order valence-electron chi connectivity index (χ3n) is 2.46. The summed E-state index contributed by atoms with van der Waals surface area (Å²) in [5, 5.41) is 4.66. The van der Waals surface area contributed by atoms with Gasteiger partial charge in [-0.1, -0.05) is 0 Å². The van der Waals surface area contributed by atoms with Crippen LogP contribution in [0.4, 0.5) is 0 Å². The van der Waals surface area contributed by atoms with E-state index in [1.165, 1.54) is 29.5 Å². The second-order valence-corrected chi connectivity index (χ2v) is 7.52. The average Bonchev–Trinajstić information content (AvgIpc) is 2.58. The fourth-order valence-corrected chi connectivity index (χ4v) is 5.43. The molecule has 0 amide bonds. The zero-order valence-corrected chi connectivity index (χ0v) is 10.9. The van der Waals surface area contributed by atoms with E-state index in [0.717, 1.165) is 6.61 Å². The van der Waals surface area contributed by atoms with E-state index in [1.54, 1.807) is 0 Å². The summed E-state index contributed by atoms with van der Waals surface area (Å²) in [5.41, 5.74) is 0. The van der Waals surface area contributed by atoms with E-state index in [4.69, 9.17) is 4.74 Å². The van der Waals surface area contributed by atoms with Crippen LogP contribution in [0.1, 0.15) is 19.3 Å². The highest BCUT2D eigenvalue weighted by atomic mass is 32.2.